The van der Waals surface area contributed by atoms with Crippen molar-refractivity contribution in [2.75, 3.05) is 5.75 Å². The lowest BCUT2D eigenvalue weighted by Gasteiger charge is -2.59. The van der Waals surface area contributed by atoms with Crippen LogP contribution in [0.5, 0.6) is 0 Å². The topological polar surface area (TPSA) is 26.0 Å². The zero-order chi connectivity index (χ0) is 14.4. The zero-order valence-electron chi connectivity index (χ0n) is 12.4. The first-order chi connectivity index (χ1) is 10.1. The Morgan fingerprint density at radius 3 is 2.10 bits per heavy atom. The van der Waals surface area contributed by atoms with Crippen LogP contribution in [0.4, 0.5) is 0 Å². The summed E-state index contributed by atoms with van der Waals surface area (Å²) in [5.41, 5.74) is 7.17. The maximum atomic E-state index is 6.70. The predicted molar refractivity (Wildman–Crippen MR) is 90.8 cm³/mol. The van der Waals surface area contributed by atoms with E-state index in [1.165, 1.54) is 43.4 Å². The van der Waals surface area contributed by atoms with Gasteiger partial charge in [-0.05, 0) is 86.0 Å². The van der Waals surface area contributed by atoms with Crippen LogP contribution in [0.25, 0.3) is 0 Å². The Balaban J connectivity index is 1.42. The fraction of sp³-hybridized carbons (Fsp3) is 0.667. The molecule has 1 aromatic carbocycles. The largest absolute Gasteiger partial charge is 0.326 e. The van der Waals surface area contributed by atoms with Crippen molar-refractivity contribution in [1.82, 2.24) is 0 Å². The SMILES string of the molecule is NC(CSc1ccc(Cl)cc1)C12CC3CC(CC(C3)C1)C2. The first kappa shape index (κ1) is 14.4. The second kappa shape index (κ2) is 5.47. The highest BCUT2D eigenvalue weighted by Crippen LogP contribution is 2.61. The number of benzene rings is 1. The number of hydrogen-bond acceptors (Lipinski definition) is 2. The minimum Gasteiger partial charge on any atom is -0.326 e. The quantitative estimate of drug-likeness (QED) is 0.792. The van der Waals surface area contributed by atoms with Crippen LogP contribution in [0, 0.1) is 23.2 Å². The van der Waals surface area contributed by atoms with E-state index in [0.717, 1.165) is 28.5 Å². The van der Waals surface area contributed by atoms with E-state index in [1.54, 1.807) is 0 Å². The van der Waals surface area contributed by atoms with Gasteiger partial charge in [0.25, 0.3) is 0 Å². The summed E-state index contributed by atoms with van der Waals surface area (Å²) in [6.07, 6.45) is 8.70. The molecule has 4 aliphatic carbocycles. The van der Waals surface area contributed by atoms with Crippen molar-refractivity contribution in [1.29, 1.82) is 0 Å². The molecule has 1 aromatic rings. The first-order valence-electron chi connectivity index (χ1n) is 8.27. The van der Waals surface area contributed by atoms with Crippen molar-refractivity contribution >= 4 is 23.4 Å². The number of nitrogens with two attached hydrogens (primary N) is 1. The van der Waals surface area contributed by atoms with Crippen LogP contribution >= 0.6 is 23.4 Å². The van der Waals surface area contributed by atoms with Gasteiger partial charge in [-0.15, -0.1) is 11.8 Å². The molecule has 0 saturated heterocycles. The van der Waals surface area contributed by atoms with Gasteiger partial charge in [0, 0.05) is 21.7 Å². The van der Waals surface area contributed by atoms with Gasteiger partial charge < -0.3 is 5.73 Å². The van der Waals surface area contributed by atoms with E-state index in [0.29, 0.717) is 11.5 Å². The van der Waals surface area contributed by atoms with Crippen LogP contribution in [0.2, 0.25) is 5.02 Å². The molecule has 0 heterocycles. The van der Waals surface area contributed by atoms with Crippen molar-refractivity contribution in [2.24, 2.45) is 28.9 Å². The van der Waals surface area contributed by atoms with Crippen LogP contribution in [-0.2, 0) is 0 Å². The molecule has 3 heteroatoms. The molecule has 0 spiro atoms. The van der Waals surface area contributed by atoms with Gasteiger partial charge >= 0.3 is 0 Å². The van der Waals surface area contributed by atoms with Crippen molar-refractivity contribution in [3.8, 4) is 0 Å². The second-order valence-electron chi connectivity index (χ2n) is 7.65. The first-order valence-corrected chi connectivity index (χ1v) is 9.63. The molecular weight excluding hydrogens is 298 g/mol. The van der Waals surface area contributed by atoms with E-state index >= 15 is 0 Å². The summed E-state index contributed by atoms with van der Waals surface area (Å²) in [6, 6.07) is 8.52. The number of halogens is 1. The third-order valence-electron chi connectivity index (χ3n) is 6.12. The minimum atomic E-state index is 0.353. The number of rotatable bonds is 4. The lowest BCUT2D eigenvalue weighted by Crippen LogP contribution is -2.55. The molecule has 4 saturated carbocycles. The smallest absolute Gasteiger partial charge is 0.0406 e. The summed E-state index contributed by atoms with van der Waals surface area (Å²) in [7, 11) is 0. The summed E-state index contributed by atoms with van der Waals surface area (Å²) in [5.74, 6) is 4.02. The molecule has 4 bridgehead atoms. The molecule has 0 amide bonds. The molecule has 0 aliphatic heterocycles. The van der Waals surface area contributed by atoms with E-state index in [1.807, 2.05) is 23.9 Å². The van der Waals surface area contributed by atoms with Crippen molar-refractivity contribution in [3.63, 3.8) is 0 Å². The summed E-state index contributed by atoms with van der Waals surface area (Å²) in [6.45, 7) is 0. The Morgan fingerprint density at radius 1 is 1.05 bits per heavy atom. The lowest BCUT2D eigenvalue weighted by atomic mass is 9.48. The van der Waals surface area contributed by atoms with Crippen LogP contribution in [0.15, 0.2) is 29.2 Å². The predicted octanol–water partition coefficient (Wildman–Crippen LogP) is 4.98. The van der Waals surface area contributed by atoms with E-state index in [2.05, 4.69) is 12.1 Å². The monoisotopic (exact) mass is 321 g/mol. The molecule has 0 aromatic heterocycles. The Bertz CT molecular complexity index is 477. The van der Waals surface area contributed by atoms with Gasteiger partial charge in [-0.25, -0.2) is 0 Å². The molecule has 1 unspecified atom stereocenters. The molecule has 21 heavy (non-hydrogen) atoms. The average Bonchev–Trinajstić information content (AvgIpc) is 2.45. The van der Waals surface area contributed by atoms with Crippen LogP contribution < -0.4 is 5.73 Å². The summed E-state index contributed by atoms with van der Waals surface area (Å²) < 4.78 is 0. The van der Waals surface area contributed by atoms with Crippen LogP contribution in [0.3, 0.4) is 0 Å². The van der Waals surface area contributed by atoms with Gasteiger partial charge in [0.15, 0.2) is 0 Å². The molecule has 5 rings (SSSR count). The molecule has 114 valence electrons. The Morgan fingerprint density at radius 2 is 1.57 bits per heavy atom. The highest BCUT2D eigenvalue weighted by Gasteiger charge is 2.53. The Kier molecular flexibility index (Phi) is 3.76. The minimum absolute atomic E-state index is 0.353. The maximum Gasteiger partial charge on any atom is 0.0406 e. The number of thioether (sulfide) groups is 1. The third-order valence-corrected chi connectivity index (χ3v) is 7.50. The van der Waals surface area contributed by atoms with Crippen molar-refractivity contribution < 1.29 is 0 Å². The van der Waals surface area contributed by atoms with Gasteiger partial charge in [0.05, 0.1) is 0 Å². The molecule has 4 aliphatic rings. The third kappa shape index (κ3) is 2.75. The molecule has 0 radical (unpaired) electrons. The van der Waals surface area contributed by atoms with E-state index in [9.17, 15) is 0 Å². The van der Waals surface area contributed by atoms with E-state index in [-0.39, 0.29) is 0 Å². The van der Waals surface area contributed by atoms with E-state index < -0.39 is 0 Å². The maximum absolute atomic E-state index is 6.70. The summed E-state index contributed by atoms with van der Waals surface area (Å²) in [5, 5.41) is 0.810. The Labute approximate surface area is 137 Å². The lowest BCUT2D eigenvalue weighted by molar-refractivity contribution is -0.0629. The fourth-order valence-corrected chi connectivity index (χ4v) is 6.71. The van der Waals surface area contributed by atoms with Gasteiger partial charge in [-0.2, -0.15) is 0 Å². The van der Waals surface area contributed by atoms with Crippen molar-refractivity contribution in [3.05, 3.63) is 29.3 Å². The average molecular weight is 322 g/mol. The van der Waals surface area contributed by atoms with Gasteiger partial charge in [-0.1, -0.05) is 11.6 Å². The van der Waals surface area contributed by atoms with E-state index in [4.69, 9.17) is 17.3 Å². The summed E-state index contributed by atoms with van der Waals surface area (Å²) >= 11 is 7.85. The van der Waals surface area contributed by atoms with Gasteiger partial charge in [0.2, 0.25) is 0 Å². The Hall–Kier alpha value is -0.180. The van der Waals surface area contributed by atoms with Crippen LogP contribution in [0.1, 0.15) is 38.5 Å². The molecule has 4 fully saturated rings. The van der Waals surface area contributed by atoms with Gasteiger partial charge in [0.1, 0.15) is 0 Å². The second-order valence-corrected chi connectivity index (χ2v) is 9.18. The number of hydrogen-bond donors (Lipinski definition) is 1. The summed E-state index contributed by atoms with van der Waals surface area (Å²) in [4.78, 5) is 1.29. The highest BCUT2D eigenvalue weighted by atomic mass is 35.5. The molecular formula is C18H24ClNS. The standard InChI is InChI=1S/C18H24ClNS/c19-15-1-3-16(4-2-15)21-11-17(20)18-8-12-5-13(9-18)7-14(6-12)10-18/h1-4,12-14,17H,5-11,20H2. The highest BCUT2D eigenvalue weighted by molar-refractivity contribution is 7.99. The van der Waals surface area contributed by atoms with Crippen LogP contribution in [-0.4, -0.2) is 11.8 Å². The molecule has 1 atom stereocenters. The molecule has 2 N–H and O–H groups in total. The fourth-order valence-electron chi connectivity index (χ4n) is 5.53. The van der Waals surface area contributed by atoms with Gasteiger partial charge in [-0.3, -0.25) is 0 Å². The van der Waals surface area contributed by atoms with Crippen molar-refractivity contribution in [2.45, 2.75) is 49.5 Å². The zero-order valence-corrected chi connectivity index (χ0v) is 14.0. The normalized spacial score (nSPS) is 38.7. The molecule has 1 nitrogen and oxygen atoms in total.